The van der Waals surface area contributed by atoms with Gasteiger partial charge in [-0.1, -0.05) is 0 Å². The molecule has 0 aromatic heterocycles. The molecule has 2 fully saturated rings. The first-order valence-corrected chi connectivity index (χ1v) is 4.72. The normalized spacial score (nSPS) is 43.0. The molecular weight excluding hydrogens is 154 g/mol. The van der Waals surface area contributed by atoms with Crippen molar-refractivity contribution >= 4 is 0 Å². The van der Waals surface area contributed by atoms with Crippen LogP contribution in [-0.4, -0.2) is 48.0 Å². The van der Waals surface area contributed by atoms with Crippen LogP contribution in [0.5, 0.6) is 0 Å². The standard InChI is InChI=1S/C9H17NO2/c1-9(11)3-2-4-10(7-9)5-8-6-12-8/h8,11H,2-7H2,1H3. The molecule has 0 bridgehead atoms. The Morgan fingerprint density at radius 1 is 1.67 bits per heavy atom. The van der Waals surface area contributed by atoms with Crippen LogP contribution in [0.2, 0.25) is 0 Å². The zero-order valence-corrected chi connectivity index (χ0v) is 7.62. The second-order valence-electron chi connectivity index (χ2n) is 4.29. The van der Waals surface area contributed by atoms with E-state index >= 15 is 0 Å². The van der Waals surface area contributed by atoms with E-state index in [-0.39, 0.29) is 0 Å². The first-order chi connectivity index (χ1) is 5.66. The van der Waals surface area contributed by atoms with Crippen molar-refractivity contribution in [2.45, 2.75) is 31.5 Å². The summed E-state index contributed by atoms with van der Waals surface area (Å²) in [5, 5.41) is 9.80. The molecule has 2 aliphatic heterocycles. The summed E-state index contributed by atoms with van der Waals surface area (Å²) < 4.78 is 5.16. The molecule has 2 heterocycles. The lowest BCUT2D eigenvalue weighted by Gasteiger charge is -2.36. The minimum absolute atomic E-state index is 0.457. The van der Waals surface area contributed by atoms with Crippen molar-refractivity contribution in [1.82, 2.24) is 4.90 Å². The van der Waals surface area contributed by atoms with Crippen molar-refractivity contribution in [2.75, 3.05) is 26.2 Å². The highest BCUT2D eigenvalue weighted by Gasteiger charge is 2.32. The summed E-state index contributed by atoms with van der Waals surface area (Å²) in [5.41, 5.74) is -0.465. The average Bonchev–Trinajstić information content (AvgIpc) is 2.69. The van der Waals surface area contributed by atoms with E-state index in [1.807, 2.05) is 6.92 Å². The molecule has 2 rings (SSSR count). The van der Waals surface area contributed by atoms with Crippen LogP contribution in [0, 0.1) is 0 Å². The second kappa shape index (κ2) is 2.98. The summed E-state index contributed by atoms with van der Waals surface area (Å²) in [6.45, 7) is 5.78. The van der Waals surface area contributed by atoms with Gasteiger partial charge in [0.1, 0.15) is 0 Å². The van der Waals surface area contributed by atoms with Gasteiger partial charge >= 0.3 is 0 Å². The maximum absolute atomic E-state index is 9.80. The Morgan fingerprint density at radius 3 is 3.00 bits per heavy atom. The molecule has 0 aliphatic carbocycles. The highest BCUT2D eigenvalue weighted by Crippen LogP contribution is 2.22. The SMILES string of the molecule is CC1(O)CCCN(CC2CO2)C1. The molecule has 2 atom stereocenters. The summed E-state index contributed by atoms with van der Waals surface area (Å²) in [5.74, 6) is 0. The van der Waals surface area contributed by atoms with Gasteiger partial charge in [-0.15, -0.1) is 0 Å². The van der Waals surface area contributed by atoms with E-state index < -0.39 is 5.60 Å². The summed E-state index contributed by atoms with van der Waals surface area (Å²) in [6, 6.07) is 0. The molecule has 1 N–H and O–H groups in total. The van der Waals surface area contributed by atoms with Gasteiger partial charge in [-0.2, -0.15) is 0 Å². The van der Waals surface area contributed by atoms with Crippen molar-refractivity contribution in [3.05, 3.63) is 0 Å². The van der Waals surface area contributed by atoms with E-state index in [9.17, 15) is 5.11 Å². The van der Waals surface area contributed by atoms with E-state index in [1.165, 1.54) is 0 Å². The predicted octanol–water partition coefficient (Wildman–Crippen LogP) is 0.232. The summed E-state index contributed by atoms with van der Waals surface area (Å²) in [6.07, 6.45) is 2.51. The summed E-state index contributed by atoms with van der Waals surface area (Å²) in [7, 11) is 0. The Morgan fingerprint density at radius 2 is 2.42 bits per heavy atom. The molecule has 0 saturated carbocycles. The van der Waals surface area contributed by atoms with Crippen molar-refractivity contribution in [2.24, 2.45) is 0 Å². The minimum Gasteiger partial charge on any atom is -0.389 e. The van der Waals surface area contributed by atoms with Crippen LogP contribution >= 0.6 is 0 Å². The van der Waals surface area contributed by atoms with Gasteiger partial charge < -0.3 is 9.84 Å². The van der Waals surface area contributed by atoms with E-state index in [0.29, 0.717) is 6.10 Å². The summed E-state index contributed by atoms with van der Waals surface area (Å²) in [4.78, 5) is 2.31. The van der Waals surface area contributed by atoms with E-state index in [4.69, 9.17) is 4.74 Å². The number of aliphatic hydroxyl groups is 1. The molecule has 0 aromatic carbocycles. The van der Waals surface area contributed by atoms with E-state index in [2.05, 4.69) is 4.90 Å². The molecular formula is C9H17NO2. The molecule has 3 nitrogen and oxygen atoms in total. The maximum atomic E-state index is 9.80. The smallest absolute Gasteiger partial charge is 0.0936 e. The van der Waals surface area contributed by atoms with Crippen LogP contribution in [0.3, 0.4) is 0 Å². The van der Waals surface area contributed by atoms with E-state index in [1.54, 1.807) is 0 Å². The van der Waals surface area contributed by atoms with Crippen LogP contribution in [0.25, 0.3) is 0 Å². The molecule has 70 valence electrons. The Hall–Kier alpha value is -0.120. The summed E-state index contributed by atoms with van der Waals surface area (Å²) >= 11 is 0. The zero-order valence-electron chi connectivity index (χ0n) is 7.62. The Kier molecular flexibility index (Phi) is 2.10. The lowest BCUT2D eigenvalue weighted by atomic mass is 9.95. The third-order valence-electron chi connectivity index (χ3n) is 2.62. The Balaban J connectivity index is 1.81. The number of rotatable bonds is 2. The van der Waals surface area contributed by atoms with Gasteiger partial charge in [0.2, 0.25) is 0 Å². The molecule has 2 aliphatic rings. The fourth-order valence-electron chi connectivity index (χ4n) is 1.94. The van der Waals surface area contributed by atoms with Crippen molar-refractivity contribution < 1.29 is 9.84 Å². The maximum Gasteiger partial charge on any atom is 0.0936 e. The third kappa shape index (κ3) is 2.19. The van der Waals surface area contributed by atoms with Gasteiger partial charge in [-0.05, 0) is 26.3 Å². The molecule has 12 heavy (non-hydrogen) atoms. The van der Waals surface area contributed by atoms with Crippen molar-refractivity contribution in [3.63, 3.8) is 0 Å². The monoisotopic (exact) mass is 171 g/mol. The Labute approximate surface area is 73.3 Å². The number of piperidine rings is 1. The number of β-amino-alcohol motifs (C(OH)–C–C–N with tert-alkyl or cyclic N) is 1. The fourth-order valence-corrected chi connectivity index (χ4v) is 1.94. The van der Waals surface area contributed by atoms with Crippen LogP contribution < -0.4 is 0 Å². The van der Waals surface area contributed by atoms with E-state index in [0.717, 1.165) is 39.1 Å². The molecule has 0 amide bonds. The van der Waals surface area contributed by atoms with Gasteiger partial charge in [0.05, 0.1) is 18.3 Å². The van der Waals surface area contributed by atoms with Gasteiger partial charge in [-0.25, -0.2) is 0 Å². The van der Waals surface area contributed by atoms with Gasteiger partial charge in [-0.3, -0.25) is 4.90 Å². The predicted molar refractivity (Wildman–Crippen MR) is 46.0 cm³/mol. The Bertz CT molecular complexity index is 166. The largest absolute Gasteiger partial charge is 0.389 e. The molecule has 3 heteroatoms. The zero-order chi connectivity index (χ0) is 8.60. The molecule has 0 aromatic rings. The second-order valence-corrected chi connectivity index (χ2v) is 4.29. The first kappa shape index (κ1) is 8.48. The third-order valence-corrected chi connectivity index (χ3v) is 2.62. The van der Waals surface area contributed by atoms with Crippen LogP contribution in [-0.2, 0) is 4.74 Å². The topological polar surface area (TPSA) is 36.0 Å². The quantitative estimate of drug-likeness (QED) is 0.604. The number of ether oxygens (including phenoxy) is 1. The van der Waals surface area contributed by atoms with Crippen molar-refractivity contribution in [3.8, 4) is 0 Å². The molecule has 0 radical (unpaired) electrons. The molecule has 2 saturated heterocycles. The van der Waals surface area contributed by atoms with Gasteiger partial charge in [0.25, 0.3) is 0 Å². The van der Waals surface area contributed by atoms with Gasteiger partial charge in [0.15, 0.2) is 0 Å². The van der Waals surface area contributed by atoms with Crippen molar-refractivity contribution in [1.29, 1.82) is 0 Å². The number of nitrogens with zero attached hydrogens (tertiary/aromatic N) is 1. The number of epoxide rings is 1. The van der Waals surface area contributed by atoms with Crippen LogP contribution in [0.4, 0.5) is 0 Å². The minimum atomic E-state index is -0.465. The number of hydrogen-bond donors (Lipinski definition) is 1. The molecule has 0 spiro atoms. The highest BCUT2D eigenvalue weighted by molar-refractivity contribution is 4.85. The van der Waals surface area contributed by atoms with Crippen LogP contribution in [0.1, 0.15) is 19.8 Å². The number of likely N-dealkylation sites (tertiary alicyclic amines) is 1. The van der Waals surface area contributed by atoms with Gasteiger partial charge in [0, 0.05) is 13.1 Å². The highest BCUT2D eigenvalue weighted by atomic mass is 16.6. The lowest BCUT2D eigenvalue weighted by molar-refractivity contribution is -0.0170. The molecule has 2 unspecified atom stereocenters. The first-order valence-electron chi connectivity index (χ1n) is 4.72. The lowest BCUT2D eigenvalue weighted by Crippen LogP contribution is -2.47. The van der Waals surface area contributed by atoms with Crippen LogP contribution in [0.15, 0.2) is 0 Å². The average molecular weight is 171 g/mol. The number of hydrogen-bond acceptors (Lipinski definition) is 3. The fraction of sp³-hybridized carbons (Fsp3) is 1.00.